The molecule has 0 radical (unpaired) electrons. The SMILES string of the molecule is CC(C)[C@H](C)CC[C@@H](C)C1CCC2C3=CCC4C[C@@H](O)CC[C@]4(C)C3CC[C@@]21C. The van der Waals surface area contributed by atoms with E-state index in [1.807, 2.05) is 5.57 Å². The molecule has 1 N–H and O–H groups in total. The molecule has 0 bridgehead atoms. The van der Waals surface area contributed by atoms with Gasteiger partial charge in [-0.05, 0) is 104 Å². The second-order valence-electron chi connectivity index (χ2n) is 12.7. The molecule has 0 heterocycles. The fraction of sp³-hybridized carbons (Fsp3) is 0.929. The number of fused-ring (bicyclic) bond motifs is 5. The fourth-order valence-electron chi connectivity index (χ4n) is 8.53. The van der Waals surface area contributed by atoms with Gasteiger partial charge in [0.2, 0.25) is 0 Å². The predicted molar refractivity (Wildman–Crippen MR) is 124 cm³/mol. The highest BCUT2D eigenvalue weighted by Gasteiger charge is 2.58. The van der Waals surface area contributed by atoms with Crippen molar-refractivity contribution in [3.63, 3.8) is 0 Å². The van der Waals surface area contributed by atoms with Gasteiger partial charge in [0.1, 0.15) is 0 Å². The Bertz CT molecular complexity index is 620. The fourth-order valence-corrected chi connectivity index (χ4v) is 8.53. The maximum atomic E-state index is 10.2. The lowest BCUT2D eigenvalue weighted by molar-refractivity contribution is -0.0428. The van der Waals surface area contributed by atoms with Crippen LogP contribution >= 0.6 is 0 Å². The largest absolute Gasteiger partial charge is 0.393 e. The van der Waals surface area contributed by atoms with Gasteiger partial charge in [0.15, 0.2) is 0 Å². The van der Waals surface area contributed by atoms with Gasteiger partial charge in [-0.15, -0.1) is 0 Å². The molecule has 0 aromatic heterocycles. The first kappa shape index (κ1) is 21.9. The molecule has 4 aliphatic rings. The first-order valence-corrected chi connectivity index (χ1v) is 13.0. The van der Waals surface area contributed by atoms with Crippen LogP contribution < -0.4 is 0 Å². The predicted octanol–water partition coefficient (Wildman–Crippen LogP) is 7.63. The Labute approximate surface area is 181 Å². The molecular weight excluding hydrogens is 352 g/mol. The molecule has 4 aliphatic carbocycles. The Hall–Kier alpha value is -0.300. The minimum atomic E-state index is -0.0400. The van der Waals surface area contributed by atoms with Crippen molar-refractivity contribution >= 4 is 0 Å². The van der Waals surface area contributed by atoms with E-state index < -0.39 is 0 Å². The average Bonchev–Trinajstić information content (AvgIpc) is 3.03. The van der Waals surface area contributed by atoms with Crippen LogP contribution in [0.1, 0.15) is 106 Å². The van der Waals surface area contributed by atoms with Crippen molar-refractivity contribution in [3.8, 4) is 0 Å². The second kappa shape index (κ2) is 7.99. The van der Waals surface area contributed by atoms with E-state index in [9.17, 15) is 5.11 Å². The molecule has 0 amide bonds. The minimum absolute atomic E-state index is 0.0400. The molecule has 166 valence electrons. The summed E-state index contributed by atoms with van der Waals surface area (Å²) in [5.74, 6) is 5.85. The summed E-state index contributed by atoms with van der Waals surface area (Å²) in [6.07, 6.45) is 15.8. The Morgan fingerprint density at radius 2 is 1.62 bits per heavy atom. The molecule has 4 unspecified atom stereocenters. The normalized spacial score (nSPS) is 46.5. The van der Waals surface area contributed by atoms with Crippen LogP contribution in [0.2, 0.25) is 0 Å². The summed E-state index contributed by atoms with van der Waals surface area (Å²) in [5, 5.41) is 10.2. The van der Waals surface area contributed by atoms with Crippen molar-refractivity contribution in [1.29, 1.82) is 0 Å². The Kier molecular flexibility index (Phi) is 6.04. The van der Waals surface area contributed by atoms with Crippen LogP contribution in [0.15, 0.2) is 11.6 Å². The van der Waals surface area contributed by atoms with Gasteiger partial charge in [0.05, 0.1) is 6.10 Å². The zero-order valence-corrected chi connectivity index (χ0v) is 20.2. The molecule has 29 heavy (non-hydrogen) atoms. The number of hydrogen-bond donors (Lipinski definition) is 1. The molecular formula is C28H48O. The molecule has 9 atom stereocenters. The van der Waals surface area contributed by atoms with Crippen LogP contribution in [0.3, 0.4) is 0 Å². The number of rotatable bonds is 5. The van der Waals surface area contributed by atoms with Gasteiger partial charge in [-0.3, -0.25) is 0 Å². The number of hydrogen-bond acceptors (Lipinski definition) is 1. The van der Waals surface area contributed by atoms with E-state index in [-0.39, 0.29) is 6.10 Å². The van der Waals surface area contributed by atoms with Gasteiger partial charge in [0, 0.05) is 0 Å². The van der Waals surface area contributed by atoms with Gasteiger partial charge in [-0.25, -0.2) is 0 Å². The van der Waals surface area contributed by atoms with Crippen LogP contribution in [-0.2, 0) is 0 Å². The van der Waals surface area contributed by atoms with E-state index in [1.54, 1.807) is 0 Å². The van der Waals surface area contributed by atoms with E-state index in [1.165, 1.54) is 51.4 Å². The lowest BCUT2D eigenvalue weighted by Crippen LogP contribution is -2.49. The minimum Gasteiger partial charge on any atom is -0.393 e. The topological polar surface area (TPSA) is 20.2 Å². The van der Waals surface area contributed by atoms with Crippen molar-refractivity contribution < 1.29 is 5.11 Å². The Morgan fingerprint density at radius 1 is 0.931 bits per heavy atom. The zero-order chi connectivity index (χ0) is 21.0. The summed E-state index contributed by atoms with van der Waals surface area (Å²) in [4.78, 5) is 0. The summed E-state index contributed by atoms with van der Waals surface area (Å²) in [5.41, 5.74) is 2.88. The number of aliphatic hydroxyl groups excluding tert-OH is 1. The summed E-state index contributed by atoms with van der Waals surface area (Å²) in [6.45, 7) is 15.1. The molecule has 0 aliphatic heterocycles. The van der Waals surface area contributed by atoms with Gasteiger partial charge in [0.25, 0.3) is 0 Å². The van der Waals surface area contributed by atoms with Crippen molar-refractivity contribution in [2.45, 2.75) is 112 Å². The molecule has 3 saturated carbocycles. The molecule has 1 nitrogen and oxygen atoms in total. The average molecular weight is 401 g/mol. The van der Waals surface area contributed by atoms with E-state index in [2.05, 4.69) is 47.6 Å². The molecule has 4 rings (SSSR count). The third-order valence-corrected chi connectivity index (χ3v) is 11.0. The van der Waals surface area contributed by atoms with E-state index in [0.717, 1.165) is 54.3 Å². The van der Waals surface area contributed by atoms with E-state index in [0.29, 0.717) is 10.8 Å². The highest BCUT2D eigenvalue weighted by molar-refractivity contribution is 5.27. The van der Waals surface area contributed by atoms with E-state index >= 15 is 0 Å². The molecule has 0 aromatic rings. The van der Waals surface area contributed by atoms with Gasteiger partial charge in [-0.2, -0.15) is 0 Å². The Balaban J connectivity index is 1.50. The van der Waals surface area contributed by atoms with Crippen LogP contribution in [0, 0.1) is 52.3 Å². The smallest absolute Gasteiger partial charge is 0.0543 e. The van der Waals surface area contributed by atoms with Gasteiger partial charge >= 0.3 is 0 Å². The maximum Gasteiger partial charge on any atom is 0.0543 e. The first-order valence-electron chi connectivity index (χ1n) is 13.0. The van der Waals surface area contributed by atoms with Crippen LogP contribution in [0.25, 0.3) is 0 Å². The van der Waals surface area contributed by atoms with Crippen molar-refractivity contribution in [1.82, 2.24) is 0 Å². The summed E-state index contributed by atoms with van der Waals surface area (Å²) in [7, 11) is 0. The summed E-state index contributed by atoms with van der Waals surface area (Å²) < 4.78 is 0. The number of aliphatic hydroxyl groups is 1. The van der Waals surface area contributed by atoms with Gasteiger partial charge < -0.3 is 5.11 Å². The number of allylic oxidation sites excluding steroid dienone is 2. The highest BCUT2D eigenvalue weighted by atomic mass is 16.3. The molecule has 0 saturated heterocycles. The molecule has 3 fully saturated rings. The van der Waals surface area contributed by atoms with Gasteiger partial charge in [-0.1, -0.05) is 66.0 Å². The first-order chi connectivity index (χ1) is 13.7. The zero-order valence-electron chi connectivity index (χ0n) is 20.2. The van der Waals surface area contributed by atoms with Crippen molar-refractivity contribution in [3.05, 3.63) is 11.6 Å². The third kappa shape index (κ3) is 3.66. The quantitative estimate of drug-likeness (QED) is 0.470. The summed E-state index contributed by atoms with van der Waals surface area (Å²) >= 11 is 0. The van der Waals surface area contributed by atoms with Crippen molar-refractivity contribution in [2.24, 2.45) is 52.3 Å². The standard InChI is InChI=1S/C28H48O/c1-18(2)19(3)7-8-20(4)24-11-12-25-23-10-9-21-17-22(29)13-15-27(21,5)26(23)14-16-28(24,25)6/h10,18-22,24-26,29H,7-9,11-17H2,1-6H3/t19-,20-,21?,22+,24?,25?,26?,27+,28-/m1/s1. The van der Waals surface area contributed by atoms with Crippen LogP contribution in [0.4, 0.5) is 0 Å². The maximum absolute atomic E-state index is 10.2. The monoisotopic (exact) mass is 400 g/mol. The summed E-state index contributed by atoms with van der Waals surface area (Å²) in [6, 6.07) is 0. The van der Waals surface area contributed by atoms with Crippen LogP contribution in [0.5, 0.6) is 0 Å². The van der Waals surface area contributed by atoms with Crippen LogP contribution in [-0.4, -0.2) is 11.2 Å². The third-order valence-electron chi connectivity index (χ3n) is 11.0. The molecule has 1 heteroatoms. The lowest BCUT2D eigenvalue weighted by atomic mass is 9.47. The Morgan fingerprint density at radius 3 is 2.34 bits per heavy atom. The van der Waals surface area contributed by atoms with E-state index in [4.69, 9.17) is 0 Å². The molecule has 0 spiro atoms. The molecule has 0 aromatic carbocycles. The second-order valence-corrected chi connectivity index (χ2v) is 12.7. The van der Waals surface area contributed by atoms with Crippen molar-refractivity contribution in [2.75, 3.05) is 0 Å². The lowest BCUT2D eigenvalue weighted by Gasteiger charge is -2.57. The highest BCUT2D eigenvalue weighted by Crippen LogP contribution is 2.67.